The maximum Gasteiger partial charge on any atom is 0.481 e. The fourth-order valence-corrected chi connectivity index (χ4v) is 3.85. The van der Waals surface area contributed by atoms with Crippen LogP contribution in [0.3, 0.4) is 0 Å². The van der Waals surface area contributed by atoms with Crippen molar-refractivity contribution in [3.8, 4) is 0 Å². The molecule has 0 amide bonds. The molecule has 0 bridgehead atoms. The molecule has 2 heterocycles. The van der Waals surface area contributed by atoms with Crippen LogP contribution in [-0.2, 0) is 22.7 Å². The molecular formula is C9H12ClFN2O11P2. The van der Waals surface area contributed by atoms with Crippen LogP contribution in [-0.4, -0.2) is 47.9 Å². The fourth-order valence-electron chi connectivity index (χ4n) is 2.08. The number of nitrogens with one attached hydrogen (secondary N) is 1. The molecule has 4 atom stereocenters. The van der Waals surface area contributed by atoms with Gasteiger partial charge >= 0.3 is 21.3 Å². The summed E-state index contributed by atoms with van der Waals surface area (Å²) < 4.78 is 49.4. The number of aromatic nitrogens is 2. The first-order valence-electron chi connectivity index (χ1n) is 6.51. The van der Waals surface area contributed by atoms with E-state index in [1.54, 1.807) is 4.98 Å². The zero-order valence-electron chi connectivity index (χ0n) is 12.4. The molecule has 13 nitrogen and oxygen atoms in total. The highest BCUT2D eigenvalue weighted by molar-refractivity contribution is 7.60. The Hall–Kier alpha value is -0.920. The van der Waals surface area contributed by atoms with E-state index in [1.807, 2.05) is 0 Å². The summed E-state index contributed by atoms with van der Waals surface area (Å²) in [5.41, 5.74) is -2.00. The number of H-pyrrole nitrogens is 1. The van der Waals surface area contributed by atoms with Crippen molar-refractivity contribution in [1.29, 1.82) is 0 Å². The summed E-state index contributed by atoms with van der Waals surface area (Å²) in [5.74, 6) is -2.93. The molecule has 0 radical (unpaired) electrons. The minimum atomic E-state index is -5.40. The van der Waals surface area contributed by atoms with Crippen LogP contribution in [0.4, 0.5) is 4.39 Å². The van der Waals surface area contributed by atoms with E-state index in [9.17, 15) is 28.2 Å². The Morgan fingerprint density at radius 1 is 1.42 bits per heavy atom. The van der Waals surface area contributed by atoms with Crippen LogP contribution in [0.5, 0.6) is 0 Å². The lowest BCUT2D eigenvalue weighted by Crippen LogP contribution is -2.36. The molecule has 0 aliphatic carbocycles. The molecule has 148 valence electrons. The van der Waals surface area contributed by atoms with Crippen molar-refractivity contribution >= 4 is 27.2 Å². The Morgan fingerprint density at radius 2 is 2.04 bits per heavy atom. The molecular weight excluding hydrogens is 429 g/mol. The van der Waals surface area contributed by atoms with Crippen LogP contribution in [0.25, 0.3) is 0 Å². The third-order valence-corrected chi connectivity index (χ3v) is 5.43. The van der Waals surface area contributed by atoms with Crippen LogP contribution in [0, 0.1) is 0 Å². The summed E-state index contributed by atoms with van der Waals surface area (Å²) in [6, 6.07) is 0. The first-order chi connectivity index (χ1) is 11.7. The molecule has 0 saturated carbocycles. The Bertz CT molecular complexity index is 898. The van der Waals surface area contributed by atoms with Crippen LogP contribution in [0.2, 0.25) is 5.02 Å². The predicted octanol–water partition coefficient (Wildman–Crippen LogP) is -0.638. The Labute approximate surface area is 147 Å². The number of alkyl halides is 1. The SMILES string of the molecule is O=c1[nH]c(=O)n([C@@H]2O[C@](F)(COP(=O)(O)OP(=O)(O)O)C[C@H]2O)cc1Cl. The lowest BCUT2D eigenvalue weighted by Gasteiger charge is -2.22. The van der Waals surface area contributed by atoms with E-state index in [1.165, 1.54) is 0 Å². The minimum absolute atomic E-state index is 0.456. The van der Waals surface area contributed by atoms with E-state index < -0.39 is 63.1 Å². The molecule has 1 fully saturated rings. The number of aromatic amines is 1. The van der Waals surface area contributed by atoms with Gasteiger partial charge in [-0.25, -0.2) is 18.3 Å². The molecule has 1 aromatic heterocycles. The van der Waals surface area contributed by atoms with Crippen molar-refractivity contribution in [2.45, 2.75) is 24.6 Å². The summed E-state index contributed by atoms with van der Waals surface area (Å²) in [6.45, 7) is -1.37. The lowest BCUT2D eigenvalue weighted by molar-refractivity contribution is -0.178. The smallest absolute Gasteiger partial charge is 0.388 e. The first kappa shape index (κ1) is 21.4. The summed E-state index contributed by atoms with van der Waals surface area (Å²) >= 11 is 5.55. The van der Waals surface area contributed by atoms with Gasteiger partial charge in [-0.1, -0.05) is 11.6 Å². The second kappa shape index (κ2) is 7.24. The van der Waals surface area contributed by atoms with E-state index in [2.05, 4.69) is 8.83 Å². The number of hydrogen-bond acceptors (Lipinski definition) is 8. The Morgan fingerprint density at radius 3 is 2.62 bits per heavy atom. The zero-order valence-corrected chi connectivity index (χ0v) is 14.9. The van der Waals surface area contributed by atoms with Crippen molar-refractivity contribution in [3.63, 3.8) is 0 Å². The van der Waals surface area contributed by atoms with Crippen LogP contribution in [0.15, 0.2) is 15.8 Å². The molecule has 0 aromatic carbocycles. The number of hydrogen-bond donors (Lipinski definition) is 5. The molecule has 26 heavy (non-hydrogen) atoms. The molecule has 1 unspecified atom stereocenters. The van der Waals surface area contributed by atoms with Gasteiger partial charge in [-0.3, -0.25) is 18.9 Å². The Balaban J connectivity index is 2.15. The quantitative estimate of drug-likeness (QED) is 0.353. The molecule has 17 heteroatoms. The molecule has 1 aromatic rings. The topological polar surface area (TPSA) is 198 Å². The fraction of sp³-hybridized carbons (Fsp3) is 0.556. The van der Waals surface area contributed by atoms with Gasteiger partial charge in [0.05, 0.1) is 0 Å². The van der Waals surface area contributed by atoms with Gasteiger partial charge in [0.1, 0.15) is 17.7 Å². The number of ether oxygens (including phenoxy) is 1. The van der Waals surface area contributed by atoms with Gasteiger partial charge in [0, 0.05) is 12.6 Å². The number of nitrogens with zero attached hydrogens (tertiary/aromatic N) is 1. The highest BCUT2D eigenvalue weighted by Gasteiger charge is 2.50. The number of aliphatic hydroxyl groups excluding tert-OH is 1. The largest absolute Gasteiger partial charge is 0.481 e. The van der Waals surface area contributed by atoms with Gasteiger partial charge in [0.25, 0.3) is 5.56 Å². The number of phosphoric acid groups is 2. The molecule has 0 spiro atoms. The normalized spacial score (nSPS) is 28.8. The average molecular weight is 441 g/mol. The second-order valence-corrected chi connectivity index (χ2v) is 8.36. The highest BCUT2D eigenvalue weighted by atomic mass is 35.5. The molecule has 5 N–H and O–H groups in total. The van der Waals surface area contributed by atoms with Gasteiger partial charge in [-0.2, -0.15) is 4.31 Å². The Kier molecular flexibility index (Phi) is 5.96. The van der Waals surface area contributed by atoms with Gasteiger partial charge < -0.3 is 24.5 Å². The standard InChI is InChI=1S/C9H12ClFN2O11P2/c10-4-2-13(8(16)12-6(4)15)7-5(14)1-9(11,23-7)3-22-26(20,21)24-25(17,18)19/h2,5,7,14H,1,3H2,(H,20,21)(H,12,15,16)(H2,17,18,19)/t5-,7-,9+/m1/s1. The number of phosphoric ester groups is 1. The maximum atomic E-state index is 14.6. The summed E-state index contributed by atoms with van der Waals surface area (Å²) in [5, 5.41) is 9.42. The van der Waals surface area contributed by atoms with Gasteiger partial charge in [0.15, 0.2) is 6.23 Å². The van der Waals surface area contributed by atoms with Gasteiger partial charge in [0.2, 0.25) is 5.85 Å². The predicted molar refractivity (Wildman–Crippen MR) is 79.8 cm³/mol. The van der Waals surface area contributed by atoms with Crippen LogP contribution in [0.1, 0.15) is 12.6 Å². The van der Waals surface area contributed by atoms with Crippen LogP contribution >= 0.6 is 27.2 Å². The summed E-state index contributed by atoms with van der Waals surface area (Å²) in [6.07, 6.45) is -3.40. The van der Waals surface area contributed by atoms with E-state index in [0.29, 0.717) is 4.57 Å². The number of aliphatic hydroxyl groups is 1. The third kappa shape index (κ3) is 5.30. The van der Waals surface area contributed by atoms with E-state index in [-0.39, 0.29) is 0 Å². The van der Waals surface area contributed by atoms with Crippen LogP contribution < -0.4 is 11.2 Å². The second-order valence-electron chi connectivity index (χ2n) is 5.12. The van der Waals surface area contributed by atoms with Crippen molar-refractivity contribution < 1.29 is 46.9 Å². The number of rotatable bonds is 6. The third-order valence-electron chi connectivity index (χ3n) is 3.03. The van der Waals surface area contributed by atoms with E-state index >= 15 is 0 Å². The molecule has 2 rings (SSSR count). The highest BCUT2D eigenvalue weighted by Crippen LogP contribution is 2.58. The van der Waals surface area contributed by atoms with E-state index in [0.717, 1.165) is 6.20 Å². The summed E-state index contributed by atoms with van der Waals surface area (Å²) in [4.78, 5) is 50.7. The lowest BCUT2D eigenvalue weighted by atomic mass is 10.2. The minimum Gasteiger partial charge on any atom is -0.388 e. The van der Waals surface area contributed by atoms with Gasteiger partial charge in [-0.05, 0) is 0 Å². The zero-order chi connectivity index (χ0) is 19.9. The van der Waals surface area contributed by atoms with E-state index in [4.69, 9.17) is 31.0 Å². The van der Waals surface area contributed by atoms with Crippen molar-refractivity contribution in [2.24, 2.45) is 0 Å². The maximum absolute atomic E-state index is 14.6. The van der Waals surface area contributed by atoms with Crippen molar-refractivity contribution in [1.82, 2.24) is 9.55 Å². The molecule has 1 aliphatic rings. The number of halogens is 2. The average Bonchev–Trinajstić information content (AvgIpc) is 2.74. The van der Waals surface area contributed by atoms with Gasteiger partial charge in [-0.15, -0.1) is 0 Å². The molecule has 1 aliphatic heterocycles. The van der Waals surface area contributed by atoms with Crippen molar-refractivity contribution in [2.75, 3.05) is 6.61 Å². The van der Waals surface area contributed by atoms with Crippen molar-refractivity contribution in [3.05, 3.63) is 32.1 Å². The summed E-state index contributed by atoms with van der Waals surface area (Å²) in [7, 11) is -10.8. The first-order valence-corrected chi connectivity index (χ1v) is 9.92. The molecule has 1 saturated heterocycles. The monoisotopic (exact) mass is 440 g/mol.